The number of likely N-dealkylation sites (N-methyl/N-ethyl adjacent to an activating group) is 1. The van der Waals surface area contributed by atoms with Crippen LogP contribution in [0.3, 0.4) is 0 Å². The fraction of sp³-hybridized carbons (Fsp3) is 0.310. The van der Waals surface area contributed by atoms with E-state index in [9.17, 15) is 9.59 Å². The summed E-state index contributed by atoms with van der Waals surface area (Å²) >= 11 is 0. The fourth-order valence-corrected chi connectivity index (χ4v) is 4.49. The van der Waals surface area contributed by atoms with Gasteiger partial charge in [0.1, 0.15) is 24.2 Å². The number of nitrogens with zero attached hydrogens (tertiary/aromatic N) is 5. The minimum Gasteiger partial charge on any atom is -0.489 e. The second-order valence-corrected chi connectivity index (χ2v) is 9.47. The molecular formula is C29H31N7O3. The molecule has 0 saturated carbocycles. The molecule has 200 valence electrons. The third-order valence-corrected chi connectivity index (χ3v) is 6.61. The first-order chi connectivity index (χ1) is 19.1. The molecule has 2 atom stereocenters. The van der Waals surface area contributed by atoms with Gasteiger partial charge in [0, 0.05) is 26.2 Å². The van der Waals surface area contributed by atoms with Crippen LogP contribution in [0.5, 0.6) is 5.75 Å². The number of fused-ring (bicyclic) bond motifs is 1. The number of carbonyl (C=O) groups is 2. The molecule has 39 heavy (non-hydrogen) atoms. The van der Waals surface area contributed by atoms with E-state index in [4.69, 9.17) is 4.74 Å². The number of amidine groups is 1. The van der Waals surface area contributed by atoms with Crippen molar-refractivity contribution in [2.45, 2.75) is 37.9 Å². The van der Waals surface area contributed by atoms with Gasteiger partial charge < -0.3 is 20.3 Å². The van der Waals surface area contributed by atoms with E-state index in [1.54, 1.807) is 13.2 Å². The Kier molecular flexibility index (Phi) is 8.20. The minimum absolute atomic E-state index is 0.0122. The topological polar surface area (TPSA) is 121 Å². The summed E-state index contributed by atoms with van der Waals surface area (Å²) < 4.78 is 5.92. The lowest BCUT2D eigenvalue weighted by atomic mass is 10.1. The summed E-state index contributed by atoms with van der Waals surface area (Å²) in [6.45, 7) is 0.848. The first-order valence-electron chi connectivity index (χ1n) is 13.1. The zero-order chi connectivity index (χ0) is 27.0. The fourth-order valence-electron chi connectivity index (χ4n) is 4.49. The normalized spacial score (nSPS) is 18.1. The number of amides is 2. The minimum atomic E-state index is -0.873. The van der Waals surface area contributed by atoms with E-state index in [1.807, 2.05) is 66.7 Å². The van der Waals surface area contributed by atoms with Gasteiger partial charge in [0.25, 0.3) is 11.8 Å². The average Bonchev–Trinajstić information content (AvgIpc) is 3.40. The predicted octanol–water partition coefficient (Wildman–Crippen LogP) is 3.79. The first kappa shape index (κ1) is 26.0. The van der Waals surface area contributed by atoms with Gasteiger partial charge in [0.05, 0.1) is 5.69 Å². The van der Waals surface area contributed by atoms with Crippen LogP contribution in [0.15, 0.2) is 88.1 Å². The van der Waals surface area contributed by atoms with Crippen molar-refractivity contribution >= 4 is 29.2 Å². The molecule has 0 bridgehead atoms. The van der Waals surface area contributed by atoms with Crippen molar-refractivity contribution in [1.82, 2.24) is 10.3 Å². The molecule has 2 aliphatic heterocycles. The standard InChI is InChI=1S/C29H31N7O3/c1-36-23-17-21(11-5-7-15-30-25-12-6-8-16-31-25)13-14-24(23)39-19-22(29(36)38)32-28(37)27-33-26(34-35-27)18-20-9-3-2-4-10-20/h2-4,6,8-10,12-14,16-17,22,26H,5,7,11,15,18-19H2,1H3,(H,30,31)(H,32,37)/t22-,26?/m0/s1. The van der Waals surface area contributed by atoms with Crippen molar-refractivity contribution in [3.05, 3.63) is 84.1 Å². The first-order valence-corrected chi connectivity index (χ1v) is 13.1. The van der Waals surface area contributed by atoms with E-state index in [0.29, 0.717) is 17.9 Å². The van der Waals surface area contributed by atoms with Gasteiger partial charge in [-0.15, -0.1) is 5.11 Å². The van der Waals surface area contributed by atoms with E-state index in [1.165, 1.54) is 4.90 Å². The van der Waals surface area contributed by atoms with Crippen molar-refractivity contribution in [3.8, 4) is 5.75 Å². The van der Waals surface area contributed by atoms with Crippen molar-refractivity contribution in [2.24, 2.45) is 15.2 Å². The number of aryl methyl sites for hydroxylation is 1. The maximum atomic E-state index is 13.2. The summed E-state index contributed by atoms with van der Waals surface area (Å²) in [5.74, 6) is 0.624. The van der Waals surface area contributed by atoms with E-state index in [-0.39, 0.29) is 18.3 Å². The zero-order valence-electron chi connectivity index (χ0n) is 21.8. The third kappa shape index (κ3) is 6.64. The number of aromatic nitrogens is 1. The van der Waals surface area contributed by atoms with Crippen LogP contribution in [0.2, 0.25) is 0 Å². The van der Waals surface area contributed by atoms with Crippen molar-refractivity contribution in [3.63, 3.8) is 0 Å². The molecule has 10 nitrogen and oxygen atoms in total. The van der Waals surface area contributed by atoms with Gasteiger partial charge in [0.2, 0.25) is 5.84 Å². The number of carbonyl (C=O) groups excluding carboxylic acids is 2. The van der Waals surface area contributed by atoms with Gasteiger partial charge in [-0.2, -0.15) is 5.11 Å². The summed E-state index contributed by atoms with van der Waals surface area (Å²) in [6.07, 6.45) is 4.70. The Labute approximate surface area is 227 Å². The van der Waals surface area contributed by atoms with Crippen LogP contribution in [0.4, 0.5) is 11.5 Å². The number of hydrogen-bond acceptors (Lipinski definition) is 8. The molecule has 0 aliphatic carbocycles. The highest BCUT2D eigenvalue weighted by atomic mass is 16.5. The number of unbranched alkanes of at least 4 members (excludes halogenated alkanes) is 1. The van der Waals surface area contributed by atoms with Gasteiger partial charge in [-0.3, -0.25) is 9.59 Å². The Balaban J connectivity index is 1.14. The molecule has 0 saturated heterocycles. The van der Waals surface area contributed by atoms with Crippen LogP contribution >= 0.6 is 0 Å². The van der Waals surface area contributed by atoms with Crippen LogP contribution < -0.4 is 20.3 Å². The lowest BCUT2D eigenvalue weighted by Gasteiger charge is -2.20. The molecule has 3 aromatic rings. The number of aliphatic imine (C=N–C) groups is 1. The number of rotatable bonds is 10. The quantitative estimate of drug-likeness (QED) is 0.390. The predicted molar refractivity (Wildman–Crippen MR) is 149 cm³/mol. The number of hydrogen-bond donors (Lipinski definition) is 2. The molecular weight excluding hydrogens is 494 g/mol. The van der Waals surface area contributed by atoms with Crippen molar-refractivity contribution in [2.75, 3.05) is 30.4 Å². The number of pyridine rings is 1. The van der Waals surface area contributed by atoms with Gasteiger partial charge in [-0.05, 0) is 54.7 Å². The SMILES string of the molecule is CN1C(=O)[C@@H](NC(=O)C2=NC(Cc3ccccc3)N=N2)COc2ccc(CCCCNc3ccccn3)cc21. The van der Waals surface area contributed by atoms with E-state index < -0.39 is 18.1 Å². The van der Waals surface area contributed by atoms with E-state index in [0.717, 1.165) is 42.8 Å². The highest BCUT2D eigenvalue weighted by molar-refractivity contribution is 6.38. The number of anilines is 2. The molecule has 0 radical (unpaired) electrons. The monoisotopic (exact) mass is 525 g/mol. The van der Waals surface area contributed by atoms with Crippen LogP contribution in [0, 0.1) is 0 Å². The largest absolute Gasteiger partial charge is 0.489 e. The molecule has 5 rings (SSSR count). The molecule has 1 aromatic heterocycles. The highest BCUT2D eigenvalue weighted by Crippen LogP contribution is 2.32. The van der Waals surface area contributed by atoms with Crippen molar-refractivity contribution in [1.29, 1.82) is 0 Å². The third-order valence-electron chi connectivity index (χ3n) is 6.61. The summed E-state index contributed by atoms with van der Waals surface area (Å²) in [7, 11) is 1.69. The number of benzene rings is 2. The molecule has 2 N–H and O–H groups in total. The highest BCUT2D eigenvalue weighted by Gasteiger charge is 2.32. The van der Waals surface area contributed by atoms with E-state index in [2.05, 4.69) is 30.8 Å². The average molecular weight is 526 g/mol. The Bertz CT molecular complexity index is 1360. The molecule has 1 unspecified atom stereocenters. The summed E-state index contributed by atoms with van der Waals surface area (Å²) in [6, 6.07) is 20.6. The van der Waals surface area contributed by atoms with Gasteiger partial charge in [-0.1, -0.05) is 42.5 Å². The van der Waals surface area contributed by atoms with Crippen molar-refractivity contribution < 1.29 is 14.3 Å². The van der Waals surface area contributed by atoms with Gasteiger partial charge >= 0.3 is 0 Å². The van der Waals surface area contributed by atoms with Crippen LogP contribution in [0.1, 0.15) is 24.0 Å². The molecule has 0 fully saturated rings. The molecule has 10 heteroatoms. The smallest absolute Gasteiger partial charge is 0.291 e. The zero-order valence-corrected chi connectivity index (χ0v) is 21.8. The van der Waals surface area contributed by atoms with Gasteiger partial charge in [0.15, 0.2) is 6.17 Å². The maximum Gasteiger partial charge on any atom is 0.291 e. The number of ether oxygens (including phenoxy) is 1. The number of azo groups is 1. The van der Waals surface area contributed by atoms with E-state index >= 15 is 0 Å². The van der Waals surface area contributed by atoms with Crippen LogP contribution in [-0.2, 0) is 22.4 Å². The maximum absolute atomic E-state index is 13.2. The summed E-state index contributed by atoms with van der Waals surface area (Å²) in [4.78, 5) is 36.2. The Morgan fingerprint density at radius 1 is 1.05 bits per heavy atom. The molecule has 2 aromatic carbocycles. The molecule has 0 spiro atoms. The lowest BCUT2D eigenvalue weighted by molar-refractivity contribution is -0.124. The second-order valence-electron chi connectivity index (χ2n) is 9.47. The lowest BCUT2D eigenvalue weighted by Crippen LogP contribution is -2.50. The second kappa shape index (κ2) is 12.3. The molecule has 2 aliphatic rings. The summed E-state index contributed by atoms with van der Waals surface area (Å²) in [5.41, 5.74) is 2.85. The summed E-state index contributed by atoms with van der Waals surface area (Å²) in [5, 5.41) is 14.1. The Morgan fingerprint density at radius 2 is 1.90 bits per heavy atom. The molecule has 2 amide bonds. The van der Waals surface area contributed by atoms with Gasteiger partial charge in [-0.25, -0.2) is 9.98 Å². The Morgan fingerprint density at radius 3 is 2.72 bits per heavy atom. The Hall–Kier alpha value is -4.60. The number of nitrogens with one attached hydrogen (secondary N) is 2. The van der Waals surface area contributed by atoms with Crippen LogP contribution in [0.25, 0.3) is 0 Å². The van der Waals surface area contributed by atoms with Crippen LogP contribution in [-0.4, -0.2) is 55.0 Å². The molecule has 3 heterocycles.